The zero-order chi connectivity index (χ0) is 18.9. The maximum atomic E-state index is 13.7. The lowest BCUT2D eigenvalue weighted by Crippen LogP contribution is -2.21. The molecule has 2 aromatic rings. The number of hydrogen-bond acceptors (Lipinski definition) is 3. The van der Waals surface area contributed by atoms with Gasteiger partial charge in [0.25, 0.3) is 10.0 Å². The Morgan fingerprint density at radius 3 is 1.80 bits per heavy atom. The van der Waals surface area contributed by atoms with Crippen LogP contribution < -0.4 is 4.83 Å². The van der Waals surface area contributed by atoms with Gasteiger partial charge in [0, 0.05) is 0 Å². The lowest BCUT2D eigenvalue weighted by molar-refractivity contribution is 0.375. The molecule has 0 aliphatic heterocycles. The van der Waals surface area contributed by atoms with Crippen LogP contribution in [0.5, 0.6) is 0 Å². The van der Waals surface area contributed by atoms with Gasteiger partial charge in [-0.2, -0.15) is 17.6 Å². The molecule has 0 spiro atoms. The minimum atomic E-state index is -4.42. The molecule has 0 amide bonds. The monoisotopic (exact) mass is 382 g/mol. The molecule has 2 rings (SSSR count). The number of aryl methyl sites for hydroxylation is 1. The molecule has 0 saturated heterocycles. The highest BCUT2D eigenvalue weighted by Gasteiger charge is 2.29. The van der Waals surface area contributed by atoms with Crippen molar-refractivity contribution in [3.8, 4) is 0 Å². The summed E-state index contributed by atoms with van der Waals surface area (Å²) in [4.78, 5) is 0.960. The van der Waals surface area contributed by atoms with Crippen LogP contribution in [0.25, 0.3) is 0 Å². The lowest BCUT2D eigenvalue weighted by Gasteiger charge is -2.07. The van der Waals surface area contributed by atoms with Gasteiger partial charge in [0.2, 0.25) is 11.8 Å². The molecule has 4 nitrogen and oxygen atoms in total. The number of halogens is 6. The number of nitrogens with zero attached hydrogens (tertiary/aromatic N) is 1. The van der Waals surface area contributed by atoms with Crippen LogP contribution in [-0.4, -0.2) is 14.4 Å². The van der Waals surface area contributed by atoms with Gasteiger partial charge in [-0.15, -0.1) is 5.10 Å². The zero-order valence-electron chi connectivity index (χ0n) is 12.2. The van der Waals surface area contributed by atoms with Gasteiger partial charge in [-0.05, 0) is 19.1 Å². The maximum absolute atomic E-state index is 13.7. The molecule has 0 saturated carbocycles. The number of rotatable bonds is 4. The fourth-order valence-corrected chi connectivity index (χ4v) is 2.51. The molecule has 2 aromatic carbocycles. The normalized spacial score (nSPS) is 12.4. The number of sulfonamides is 1. The number of hydrogen-bond donors (Lipinski definition) is 1. The summed E-state index contributed by atoms with van der Waals surface area (Å²) in [6.45, 7) is 1.67. The SMILES string of the molecule is Cc1ccc(S(=O)(=O)NN=C(F)c2c(F)c(F)c(F)c(F)c2F)cc1. The van der Waals surface area contributed by atoms with Crippen molar-refractivity contribution < 1.29 is 34.8 Å². The van der Waals surface area contributed by atoms with Gasteiger partial charge < -0.3 is 0 Å². The first kappa shape index (κ1) is 18.8. The Bertz CT molecular complexity index is 929. The maximum Gasteiger partial charge on any atom is 0.276 e. The van der Waals surface area contributed by atoms with E-state index in [0.29, 0.717) is 0 Å². The topological polar surface area (TPSA) is 58.5 Å². The Morgan fingerprint density at radius 1 is 0.880 bits per heavy atom. The van der Waals surface area contributed by atoms with Crippen LogP contribution in [0.15, 0.2) is 34.3 Å². The molecule has 11 heteroatoms. The summed E-state index contributed by atoms with van der Waals surface area (Å²) in [7, 11) is -4.42. The highest BCUT2D eigenvalue weighted by Crippen LogP contribution is 2.24. The standard InChI is InChI=1S/C14H8F6N2O2S/c1-6-2-4-7(5-3-6)25(23,24)22-21-14(20)8-9(15)11(17)13(19)12(18)10(8)16/h2-5,22H,1H3. The van der Waals surface area contributed by atoms with Crippen molar-refractivity contribution in [3.05, 3.63) is 64.5 Å². The molecule has 0 fully saturated rings. The Morgan fingerprint density at radius 2 is 1.32 bits per heavy atom. The second kappa shape index (κ2) is 6.75. The third kappa shape index (κ3) is 3.60. The predicted octanol–water partition coefficient (Wildman–Crippen LogP) is 3.30. The minimum Gasteiger partial charge on any atom is -0.203 e. The first-order valence-corrected chi connectivity index (χ1v) is 7.88. The predicted molar refractivity (Wildman–Crippen MR) is 75.4 cm³/mol. The third-order valence-electron chi connectivity index (χ3n) is 3.01. The first-order valence-electron chi connectivity index (χ1n) is 6.39. The first-order chi connectivity index (χ1) is 11.6. The van der Waals surface area contributed by atoms with E-state index in [1.807, 2.05) is 0 Å². The molecule has 0 aromatic heterocycles. The van der Waals surface area contributed by atoms with Gasteiger partial charge in [-0.1, -0.05) is 17.7 Å². The molecule has 0 unspecified atom stereocenters. The fraction of sp³-hybridized carbons (Fsp3) is 0.0714. The van der Waals surface area contributed by atoms with E-state index in [0.717, 1.165) is 17.7 Å². The fourth-order valence-electron chi connectivity index (χ4n) is 1.71. The average Bonchev–Trinajstić information content (AvgIpc) is 2.57. The van der Waals surface area contributed by atoms with E-state index >= 15 is 0 Å². The van der Waals surface area contributed by atoms with Crippen LogP contribution >= 0.6 is 0 Å². The van der Waals surface area contributed by atoms with Crippen molar-refractivity contribution in [2.75, 3.05) is 0 Å². The van der Waals surface area contributed by atoms with Gasteiger partial charge >= 0.3 is 0 Å². The lowest BCUT2D eigenvalue weighted by atomic mass is 10.1. The second-order valence-electron chi connectivity index (χ2n) is 4.76. The van der Waals surface area contributed by atoms with Gasteiger partial charge in [0.15, 0.2) is 23.3 Å². The van der Waals surface area contributed by atoms with Crippen molar-refractivity contribution in [1.29, 1.82) is 0 Å². The Labute approximate surface area is 137 Å². The molecule has 1 N–H and O–H groups in total. The molecule has 0 heterocycles. The zero-order valence-corrected chi connectivity index (χ0v) is 13.1. The van der Waals surface area contributed by atoms with E-state index in [-0.39, 0.29) is 4.90 Å². The molecule has 0 radical (unpaired) electrons. The third-order valence-corrected chi connectivity index (χ3v) is 4.24. The summed E-state index contributed by atoms with van der Waals surface area (Å²) in [5.41, 5.74) is -1.27. The quantitative estimate of drug-likeness (QED) is 0.290. The van der Waals surface area contributed by atoms with Crippen LogP contribution in [0.4, 0.5) is 26.3 Å². The largest absolute Gasteiger partial charge is 0.276 e. The van der Waals surface area contributed by atoms with Crippen LogP contribution in [0.2, 0.25) is 0 Å². The van der Waals surface area contributed by atoms with Gasteiger partial charge in [0.05, 0.1) is 4.90 Å². The van der Waals surface area contributed by atoms with E-state index in [9.17, 15) is 34.8 Å². The second-order valence-corrected chi connectivity index (χ2v) is 6.42. The van der Waals surface area contributed by atoms with Crippen molar-refractivity contribution in [3.63, 3.8) is 0 Å². The highest BCUT2D eigenvalue weighted by molar-refractivity contribution is 7.89. The average molecular weight is 382 g/mol. The summed E-state index contributed by atoms with van der Waals surface area (Å²) in [5.74, 6) is -14.4. The molecule has 25 heavy (non-hydrogen) atoms. The van der Waals surface area contributed by atoms with Crippen LogP contribution in [0.1, 0.15) is 11.1 Å². The number of benzene rings is 2. The van der Waals surface area contributed by atoms with E-state index in [1.54, 1.807) is 6.92 Å². The van der Waals surface area contributed by atoms with Crippen molar-refractivity contribution in [1.82, 2.24) is 4.83 Å². The molecule has 0 aliphatic rings. The minimum absolute atomic E-state index is 0.355. The summed E-state index contributed by atoms with van der Waals surface area (Å²) < 4.78 is 103. The molecular formula is C14H8F6N2O2S. The van der Waals surface area contributed by atoms with E-state index in [1.165, 1.54) is 17.0 Å². The summed E-state index contributed by atoms with van der Waals surface area (Å²) >= 11 is 0. The van der Waals surface area contributed by atoms with Crippen molar-refractivity contribution in [2.45, 2.75) is 11.8 Å². The molecule has 134 valence electrons. The smallest absolute Gasteiger partial charge is 0.203 e. The molecule has 0 bridgehead atoms. The molecular weight excluding hydrogens is 374 g/mol. The van der Waals surface area contributed by atoms with Crippen molar-refractivity contribution in [2.24, 2.45) is 5.10 Å². The Balaban J connectivity index is 2.42. The van der Waals surface area contributed by atoms with E-state index in [4.69, 9.17) is 0 Å². The Hall–Kier alpha value is -2.56. The van der Waals surface area contributed by atoms with Crippen molar-refractivity contribution >= 4 is 16.0 Å². The number of hydrazone groups is 1. The van der Waals surface area contributed by atoms with Crippen LogP contribution in [-0.2, 0) is 10.0 Å². The highest BCUT2D eigenvalue weighted by atomic mass is 32.2. The van der Waals surface area contributed by atoms with Crippen LogP contribution in [0, 0.1) is 36.0 Å². The number of nitrogens with one attached hydrogen (secondary N) is 1. The van der Waals surface area contributed by atoms with E-state index in [2.05, 4.69) is 5.10 Å². The summed E-state index contributed by atoms with van der Waals surface area (Å²) in [6, 6.07) is 5.12. The van der Waals surface area contributed by atoms with Crippen LogP contribution in [0.3, 0.4) is 0 Å². The molecule has 0 aliphatic carbocycles. The van der Waals surface area contributed by atoms with Gasteiger partial charge in [-0.25, -0.2) is 22.0 Å². The van der Waals surface area contributed by atoms with Gasteiger partial charge in [-0.3, -0.25) is 0 Å². The van der Waals surface area contributed by atoms with Gasteiger partial charge in [0.1, 0.15) is 5.56 Å². The van der Waals surface area contributed by atoms with E-state index < -0.39 is 50.6 Å². The molecule has 0 atom stereocenters. The summed E-state index contributed by atoms with van der Waals surface area (Å²) in [5, 5.41) is 2.57. The summed E-state index contributed by atoms with van der Waals surface area (Å²) in [6.07, 6.45) is 0. The Kier molecular flexibility index (Phi) is 5.07.